The normalized spacial score (nSPS) is 23.4. The van der Waals surface area contributed by atoms with Crippen LogP contribution in [0.2, 0.25) is 0 Å². The lowest BCUT2D eigenvalue weighted by Crippen LogP contribution is -2.48. The molecule has 0 saturated heterocycles. The van der Waals surface area contributed by atoms with Gasteiger partial charge >= 0.3 is 5.97 Å². The summed E-state index contributed by atoms with van der Waals surface area (Å²) in [5.74, 6) is 3.22. The highest BCUT2D eigenvalue weighted by Crippen LogP contribution is 2.48. The number of carboxylic acid groups (broad SMARTS) is 1. The molecule has 150 valence electrons. The zero-order valence-electron chi connectivity index (χ0n) is 19.1. The first-order valence-electron chi connectivity index (χ1n) is 10.4. The minimum Gasteiger partial charge on any atom is -0.481 e. The van der Waals surface area contributed by atoms with Gasteiger partial charge in [0.05, 0.1) is 5.41 Å². The van der Waals surface area contributed by atoms with Gasteiger partial charge in [0.2, 0.25) is 0 Å². The van der Waals surface area contributed by atoms with Gasteiger partial charge in [0.25, 0.3) is 0 Å². The third-order valence-corrected chi connectivity index (χ3v) is 8.52. The second-order valence-electron chi connectivity index (χ2n) is 9.95. The Morgan fingerprint density at radius 1 is 0.600 bits per heavy atom. The van der Waals surface area contributed by atoms with E-state index in [2.05, 4.69) is 76.2 Å². The molecule has 0 amide bonds. The molecule has 0 fully saturated rings. The Kier molecular flexibility index (Phi) is 9.22. The number of carboxylic acids is 1. The van der Waals surface area contributed by atoms with Gasteiger partial charge in [0, 0.05) is 0 Å². The first kappa shape index (κ1) is 24.5. The van der Waals surface area contributed by atoms with Gasteiger partial charge in [-0.15, -0.1) is 0 Å². The molecule has 25 heavy (non-hydrogen) atoms. The van der Waals surface area contributed by atoms with E-state index in [1.54, 1.807) is 0 Å². The Labute approximate surface area is 158 Å². The highest BCUT2D eigenvalue weighted by molar-refractivity contribution is 5.75. The van der Waals surface area contributed by atoms with Crippen molar-refractivity contribution in [1.82, 2.24) is 0 Å². The first-order valence-corrected chi connectivity index (χ1v) is 10.4. The predicted molar refractivity (Wildman–Crippen MR) is 110 cm³/mol. The van der Waals surface area contributed by atoms with E-state index in [0.717, 1.165) is 0 Å². The van der Waals surface area contributed by atoms with Crippen LogP contribution < -0.4 is 0 Å². The summed E-state index contributed by atoms with van der Waals surface area (Å²) in [5, 5.41) is 10.2. The minimum atomic E-state index is -0.701. The molecule has 8 atom stereocenters. The monoisotopic (exact) mass is 354 g/mol. The molecule has 0 aromatic heterocycles. The summed E-state index contributed by atoms with van der Waals surface area (Å²) >= 11 is 0. The van der Waals surface area contributed by atoms with Gasteiger partial charge in [-0.3, -0.25) is 4.79 Å². The SMILES string of the molecule is CC(C)C(C)C(C)C(C)C(C)C(C)(C(=O)O)C(C)C(C)C(C)C(C)C. The summed E-state index contributed by atoms with van der Waals surface area (Å²) in [7, 11) is 0. The molecule has 0 radical (unpaired) electrons. The molecule has 2 nitrogen and oxygen atoms in total. The van der Waals surface area contributed by atoms with Crippen molar-refractivity contribution in [2.45, 2.75) is 83.1 Å². The van der Waals surface area contributed by atoms with Crippen LogP contribution in [0.1, 0.15) is 83.1 Å². The summed E-state index contributed by atoms with van der Waals surface area (Å²) in [6.45, 7) is 26.7. The van der Waals surface area contributed by atoms with Crippen LogP contribution in [0, 0.1) is 58.7 Å². The van der Waals surface area contributed by atoms with Crippen LogP contribution in [0.25, 0.3) is 0 Å². The Hall–Kier alpha value is -0.530. The van der Waals surface area contributed by atoms with Crippen molar-refractivity contribution in [3.05, 3.63) is 0 Å². The second kappa shape index (κ2) is 9.42. The maximum absolute atomic E-state index is 12.4. The quantitative estimate of drug-likeness (QED) is 0.466. The molecule has 1 N–H and O–H groups in total. The van der Waals surface area contributed by atoms with Gasteiger partial charge in [-0.25, -0.2) is 0 Å². The van der Waals surface area contributed by atoms with Crippen molar-refractivity contribution in [3.63, 3.8) is 0 Å². The van der Waals surface area contributed by atoms with Crippen molar-refractivity contribution in [2.24, 2.45) is 58.7 Å². The number of rotatable bonds is 10. The lowest BCUT2D eigenvalue weighted by Gasteiger charge is -2.46. The molecule has 0 aliphatic heterocycles. The highest BCUT2D eigenvalue weighted by atomic mass is 16.4. The van der Waals surface area contributed by atoms with Crippen LogP contribution in [0.4, 0.5) is 0 Å². The van der Waals surface area contributed by atoms with Crippen LogP contribution in [0.5, 0.6) is 0 Å². The maximum Gasteiger partial charge on any atom is 0.309 e. The number of hydrogen-bond donors (Lipinski definition) is 1. The molecule has 0 aromatic rings. The van der Waals surface area contributed by atoms with Gasteiger partial charge < -0.3 is 5.11 Å². The fourth-order valence-electron chi connectivity index (χ4n) is 4.50. The zero-order chi connectivity index (χ0) is 20.3. The highest BCUT2D eigenvalue weighted by Gasteiger charge is 2.49. The smallest absolute Gasteiger partial charge is 0.309 e. The van der Waals surface area contributed by atoms with E-state index < -0.39 is 11.4 Å². The fourth-order valence-corrected chi connectivity index (χ4v) is 4.50. The number of hydrogen-bond acceptors (Lipinski definition) is 1. The molecule has 2 heteroatoms. The predicted octanol–water partition coefficient (Wildman–Crippen LogP) is 6.84. The Bertz CT molecular complexity index is 414. The minimum absolute atomic E-state index is 0.137. The van der Waals surface area contributed by atoms with Crippen LogP contribution in [0.15, 0.2) is 0 Å². The Morgan fingerprint density at radius 2 is 0.880 bits per heavy atom. The molecule has 0 aliphatic carbocycles. The molecule has 0 aliphatic rings. The summed E-state index contributed by atoms with van der Waals surface area (Å²) in [4.78, 5) is 12.4. The van der Waals surface area contributed by atoms with Gasteiger partial charge in [-0.1, -0.05) is 76.2 Å². The van der Waals surface area contributed by atoms with Gasteiger partial charge in [0.1, 0.15) is 0 Å². The van der Waals surface area contributed by atoms with E-state index in [1.165, 1.54) is 0 Å². The fraction of sp³-hybridized carbons (Fsp3) is 0.957. The maximum atomic E-state index is 12.4. The average Bonchev–Trinajstić information content (AvgIpc) is 2.55. The topological polar surface area (TPSA) is 37.3 Å². The second-order valence-corrected chi connectivity index (χ2v) is 9.95. The lowest BCUT2D eigenvalue weighted by molar-refractivity contribution is -0.160. The molecule has 0 heterocycles. The molecular weight excluding hydrogens is 308 g/mol. The van der Waals surface area contributed by atoms with Gasteiger partial charge in [-0.2, -0.15) is 0 Å². The summed E-state index contributed by atoms with van der Waals surface area (Å²) < 4.78 is 0. The molecule has 0 saturated carbocycles. The van der Waals surface area contributed by atoms with Crippen molar-refractivity contribution in [2.75, 3.05) is 0 Å². The van der Waals surface area contributed by atoms with Crippen molar-refractivity contribution in [3.8, 4) is 0 Å². The molecule has 0 rings (SSSR count). The molecule has 0 bridgehead atoms. The lowest BCUT2D eigenvalue weighted by atomic mass is 9.57. The largest absolute Gasteiger partial charge is 0.481 e. The van der Waals surface area contributed by atoms with Gasteiger partial charge in [-0.05, 0) is 60.2 Å². The van der Waals surface area contributed by atoms with Crippen LogP contribution >= 0.6 is 0 Å². The Balaban J connectivity index is 5.66. The number of aliphatic carboxylic acids is 1. The standard InChI is InChI=1S/C23H46O2/c1-13(2)15(5)17(7)19(9)21(11)23(12,22(24)25)20(10)18(8)16(6)14(3)4/h13-21H,1-12H3,(H,24,25). The van der Waals surface area contributed by atoms with Crippen LogP contribution in [-0.4, -0.2) is 11.1 Å². The summed E-state index contributed by atoms with van der Waals surface area (Å²) in [6, 6.07) is 0. The van der Waals surface area contributed by atoms with Crippen LogP contribution in [0.3, 0.4) is 0 Å². The summed E-state index contributed by atoms with van der Waals surface area (Å²) in [6.07, 6.45) is 0. The zero-order valence-corrected chi connectivity index (χ0v) is 19.1. The van der Waals surface area contributed by atoms with E-state index in [1.807, 2.05) is 6.92 Å². The van der Waals surface area contributed by atoms with Crippen LogP contribution in [-0.2, 0) is 4.79 Å². The molecule has 0 spiro atoms. The average molecular weight is 355 g/mol. The van der Waals surface area contributed by atoms with E-state index in [9.17, 15) is 9.90 Å². The molecule has 8 unspecified atom stereocenters. The Morgan fingerprint density at radius 3 is 1.16 bits per heavy atom. The van der Waals surface area contributed by atoms with E-state index >= 15 is 0 Å². The third kappa shape index (κ3) is 5.23. The van der Waals surface area contributed by atoms with E-state index in [0.29, 0.717) is 41.4 Å². The van der Waals surface area contributed by atoms with Crippen molar-refractivity contribution < 1.29 is 9.90 Å². The third-order valence-electron chi connectivity index (χ3n) is 8.52. The number of carbonyl (C=O) groups is 1. The van der Waals surface area contributed by atoms with Gasteiger partial charge in [0.15, 0.2) is 0 Å². The van der Waals surface area contributed by atoms with Crippen molar-refractivity contribution in [1.29, 1.82) is 0 Å². The van der Waals surface area contributed by atoms with E-state index in [-0.39, 0.29) is 11.8 Å². The van der Waals surface area contributed by atoms with Crippen molar-refractivity contribution >= 4 is 5.97 Å². The molecule has 0 aromatic carbocycles. The van der Waals surface area contributed by atoms with E-state index in [4.69, 9.17) is 0 Å². The first-order chi connectivity index (χ1) is 11.2. The summed E-state index contributed by atoms with van der Waals surface area (Å²) in [5.41, 5.74) is -0.701. The molecular formula is C23H46O2.